The van der Waals surface area contributed by atoms with Crippen molar-refractivity contribution in [2.45, 2.75) is 0 Å². The van der Waals surface area contributed by atoms with Crippen LogP contribution in [-0.2, 0) is 0 Å². The summed E-state index contributed by atoms with van der Waals surface area (Å²) in [5.74, 6) is 1.86. The molecular formula is C54H31B2N3O. The van der Waals surface area contributed by atoms with E-state index in [1.165, 1.54) is 110 Å². The number of para-hydroxylation sites is 6. The van der Waals surface area contributed by atoms with E-state index in [-0.39, 0.29) is 13.4 Å². The van der Waals surface area contributed by atoms with Crippen molar-refractivity contribution in [3.63, 3.8) is 0 Å². The maximum atomic E-state index is 6.69. The molecule has 6 heteroatoms. The Bertz CT molecular complexity index is 3730. The summed E-state index contributed by atoms with van der Waals surface area (Å²) in [5, 5.41) is 5.11. The molecule has 0 saturated heterocycles. The zero-order valence-corrected chi connectivity index (χ0v) is 32.3. The summed E-state index contributed by atoms with van der Waals surface area (Å²) >= 11 is 0. The Hall–Kier alpha value is -7.69. The Balaban J connectivity index is 1.10. The molecule has 11 aromatic rings. The summed E-state index contributed by atoms with van der Waals surface area (Å²) in [4.78, 5) is 2.51. The zero-order valence-electron chi connectivity index (χ0n) is 32.3. The molecule has 60 heavy (non-hydrogen) atoms. The van der Waals surface area contributed by atoms with Crippen molar-refractivity contribution < 1.29 is 4.74 Å². The summed E-state index contributed by atoms with van der Waals surface area (Å²) in [6.07, 6.45) is 0. The molecule has 4 aliphatic rings. The highest BCUT2D eigenvalue weighted by Gasteiger charge is 2.43. The van der Waals surface area contributed by atoms with Crippen molar-refractivity contribution in [3.8, 4) is 34.0 Å². The average molecular weight is 759 g/mol. The molecular weight excluding hydrogens is 728 g/mol. The number of hydrogen-bond acceptors (Lipinski definition) is 2. The first-order chi connectivity index (χ1) is 29.8. The third-order valence-corrected chi connectivity index (χ3v) is 13.9. The minimum absolute atomic E-state index is 0.0216. The summed E-state index contributed by atoms with van der Waals surface area (Å²) < 4.78 is 11.8. The lowest BCUT2D eigenvalue weighted by atomic mass is 9.33. The maximum Gasteiger partial charge on any atom is 0.256 e. The molecule has 15 rings (SSSR count). The van der Waals surface area contributed by atoms with Crippen LogP contribution in [0.15, 0.2) is 188 Å². The quantitative estimate of drug-likeness (QED) is 0.164. The second-order valence-electron chi connectivity index (χ2n) is 16.8. The van der Waals surface area contributed by atoms with E-state index >= 15 is 0 Å². The van der Waals surface area contributed by atoms with Gasteiger partial charge < -0.3 is 18.8 Å². The standard InChI is InChI=1S/C54H31B2N3O/c1-2-14-34(15-3-1)57-45-24-10-6-19-39(45)55-41-21-12-18-37-35-16-4-8-22-43(35)59(53(37)41)48-31-33(30-47(57)51(48)55)32-28-38-36-17-5-9-23-44(36)58-46-25-13-27-50-52(46)56(42(29-32)54(38)58)40-20-7-11-26-49(40)60-50/h1-31H. The molecule has 0 aliphatic carbocycles. The lowest BCUT2D eigenvalue weighted by molar-refractivity contribution is 0.487. The van der Waals surface area contributed by atoms with Gasteiger partial charge in [-0.2, -0.15) is 0 Å². The molecule has 0 spiro atoms. The van der Waals surface area contributed by atoms with Crippen LogP contribution in [0.4, 0.5) is 17.1 Å². The fourth-order valence-corrected chi connectivity index (χ4v) is 11.7. The van der Waals surface area contributed by atoms with Crippen molar-refractivity contribution in [3.05, 3.63) is 188 Å². The Morgan fingerprint density at radius 3 is 1.80 bits per heavy atom. The second-order valence-corrected chi connectivity index (χ2v) is 16.8. The third-order valence-electron chi connectivity index (χ3n) is 13.9. The van der Waals surface area contributed by atoms with Gasteiger partial charge in [0.25, 0.3) is 13.4 Å². The number of nitrogens with zero attached hydrogens (tertiary/aromatic N) is 3. The number of aromatic nitrogens is 2. The van der Waals surface area contributed by atoms with Gasteiger partial charge >= 0.3 is 0 Å². The molecule has 6 heterocycles. The van der Waals surface area contributed by atoms with Gasteiger partial charge in [0.2, 0.25) is 0 Å². The third kappa shape index (κ3) is 3.76. The van der Waals surface area contributed by atoms with E-state index in [9.17, 15) is 0 Å². The lowest BCUT2D eigenvalue weighted by Gasteiger charge is -2.40. The average Bonchev–Trinajstić information content (AvgIpc) is 3.83. The summed E-state index contributed by atoms with van der Waals surface area (Å²) in [6.45, 7) is 0.101. The molecule has 0 N–H and O–H groups in total. The van der Waals surface area contributed by atoms with Crippen LogP contribution in [0.25, 0.3) is 66.1 Å². The maximum absolute atomic E-state index is 6.69. The first-order valence-corrected chi connectivity index (χ1v) is 20.9. The molecule has 0 radical (unpaired) electrons. The highest BCUT2D eigenvalue weighted by molar-refractivity contribution is 7.00. The van der Waals surface area contributed by atoms with Crippen LogP contribution in [0, 0.1) is 0 Å². The molecule has 0 atom stereocenters. The molecule has 274 valence electrons. The number of anilines is 3. The van der Waals surface area contributed by atoms with Gasteiger partial charge in [0.15, 0.2) is 0 Å². The van der Waals surface area contributed by atoms with Gasteiger partial charge in [-0.15, -0.1) is 0 Å². The topological polar surface area (TPSA) is 22.3 Å². The highest BCUT2D eigenvalue weighted by Crippen LogP contribution is 2.45. The van der Waals surface area contributed by atoms with Crippen LogP contribution in [0.3, 0.4) is 0 Å². The van der Waals surface area contributed by atoms with Gasteiger partial charge in [-0.05, 0) is 111 Å². The predicted octanol–water partition coefficient (Wildman–Crippen LogP) is 9.10. The van der Waals surface area contributed by atoms with E-state index in [1.807, 2.05) is 0 Å². The summed E-state index contributed by atoms with van der Waals surface area (Å²) in [7, 11) is 0. The van der Waals surface area contributed by atoms with Gasteiger partial charge in [-0.1, -0.05) is 121 Å². The van der Waals surface area contributed by atoms with Crippen LogP contribution in [0.1, 0.15) is 0 Å². The van der Waals surface area contributed by atoms with E-state index in [0.29, 0.717) is 0 Å². The molecule has 4 nitrogen and oxygen atoms in total. The van der Waals surface area contributed by atoms with Crippen LogP contribution in [0.2, 0.25) is 0 Å². The van der Waals surface area contributed by atoms with E-state index in [2.05, 4.69) is 202 Å². The zero-order chi connectivity index (χ0) is 38.8. The van der Waals surface area contributed by atoms with Crippen LogP contribution < -0.4 is 42.4 Å². The smallest absolute Gasteiger partial charge is 0.256 e. The molecule has 0 amide bonds. The molecule has 4 aliphatic heterocycles. The Morgan fingerprint density at radius 2 is 0.933 bits per heavy atom. The molecule has 9 aromatic carbocycles. The fraction of sp³-hybridized carbons (Fsp3) is 0. The number of fused-ring (bicyclic) bond motifs is 14. The minimum atomic E-state index is 0.0216. The first kappa shape index (κ1) is 31.3. The highest BCUT2D eigenvalue weighted by atomic mass is 16.5. The SMILES string of the molecule is c1ccc(N2c3ccccc3B3c4c2cc(-c2cc5c6c(c2)c2ccccc2n6-c2cccc6c2B5c2ccccc2O6)cc4-n2c4ccccc4c4cccc3c42)cc1. The first-order valence-electron chi connectivity index (χ1n) is 20.9. The summed E-state index contributed by atoms with van der Waals surface area (Å²) in [6, 6.07) is 69.9. The summed E-state index contributed by atoms with van der Waals surface area (Å²) in [5.41, 5.74) is 21.3. The van der Waals surface area contributed by atoms with Crippen molar-refractivity contribution in [1.29, 1.82) is 0 Å². The predicted molar refractivity (Wildman–Crippen MR) is 251 cm³/mol. The lowest BCUT2D eigenvalue weighted by Crippen LogP contribution is -2.60. The van der Waals surface area contributed by atoms with E-state index in [0.717, 1.165) is 17.2 Å². The van der Waals surface area contributed by atoms with E-state index < -0.39 is 0 Å². The number of hydrogen-bond donors (Lipinski definition) is 0. The van der Waals surface area contributed by atoms with Crippen molar-refractivity contribution in [2.75, 3.05) is 4.90 Å². The van der Waals surface area contributed by atoms with Crippen molar-refractivity contribution in [1.82, 2.24) is 9.13 Å². The monoisotopic (exact) mass is 759 g/mol. The van der Waals surface area contributed by atoms with Crippen molar-refractivity contribution >= 4 is 107 Å². The largest absolute Gasteiger partial charge is 0.458 e. The second kappa shape index (κ2) is 11.1. The Labute approximate surface area is 346 Å². The van der Waals surface area contributed by atoms with Gasteiger partial charge in [0, 0.05) is 61.0 Å². The van der Waals surface area contributed by atoms with Crippen LogP contribution in [-0.4, -0.2) is 22.6 Å². The molecule has 0 unspecified atom stereocenters. The van der Waals surface area contributed by atoms with Gasteiger partial charge in [0.1, 0.15) is 11.5 Å². The van der Waals surface area contributed by atoms with Crippen LogP contribution >= 0.6 is 0 Å². The number of ether oxygens (including phenoxy) is 1. The fourth-order valence-electron chi connectivity index (χ4n) is 11.7. The molecule has 0 saturated carbocycles. The number of benzene rings is 9. The van der Waals surface area contributed by atoms with Crippen molar-refractivity contribution in [2.24, 2.45) is 0 Å². The molecule has 0 bridgehead atoms. The van der Waals surface area contributed by atoms with Crippen LogP contribution in [0.5, 0.6) is 11.5 Å². The Morgan fingerprint density at radius 1 is 0.350 bits per heavy atom. The molecule has 2 aromatic heterocycles. The van der Waals surface area contributed by atoms with E-state index in [4.69, 9.17) is 4.74 Å². The minimum Gasteiger partial charge on any atom is -0.458 e. The van der Waals surface area contributed by atoms with E-state index in [1.54, 1.807) is 0 Å². The van der Waals surface area contributed by atoms with Gasteiger partial charge in [-0.25, -0.2) is 0 Å². The Kier molecular flexibility index (Phi) is 5.78. The van der Waals surface area contributed by atoms with Gasteiger partial charge in [-0.3, -0.25) is 0 Å². The molecule has 0 fully saturated rings. The van der Waals surface area contributed by atoms with Gasteiger partial charge in [0.05, 0.1) is 11.0 Å². The normalized spacial score (nSPS) is 13.7. The number of rotatable bonds is 2.